The lowest BCUT2D eigenvalue weighted by molar-refractivity contribution is -0.174. The fourth-order valence-corrected chi connectivity index (χ4v) is 2.02. The molecule has 3 nitrogen and oxygen atoms in total. The molecule has 0 unspecified atom stereocenters. The molecule has 0 aromatic rings. The van der Waals surface area contributed by atoms with Crippen molar-refractivity contribution < 1.29 is 17.9 Å². The molecule has 0 aliphatic carbocycles. The monoisotopic (exact) mass is 254 g/mol. The fourth-order valence-electron chi connectivity index (χ4n) is 2.02. The van der Waals surface area contributed by atoms with Crippen LogP contribution >= 0.6 is 0 Å². The van der Waals surface area contributed by atoms with Crippen molar-refractivity contribution in [2.24, 2.45) is 0 Å². The highest BCUT2D eigenvalue weighted by Crippen LogP contribution is 2.14. The second kappa shape index (κ2) is 6.02. The second-order valence-electron chi connectivity index (χ2n) is 5.11. The number of hydrogen-bond acceptors (Lipinski definition) is 3. The Bertz CT molecular complexity index is 231. The van der Waals surface area contributed by atoms with Gasteiger partial charge in [0.25, 0.3) is 0 Å². The maximum Gasteiger partial charge on any atom is 0.411 e. The summed E-state index contributed by atoms with van der Waals surface area (Å²) in [6, 6.07) is 0. The van der Waals surface area contributed by atoms with Crippen molar-refractivity contribution in [2.45, 2.75) is 32.0 Å². The standard InChI is InChI=1S/C11H21F3N2O/c1-10(2)8-16(6-4-15-10)5-3-7-17-9-11(12,13)14/h15H,3-9H2,1-2H3. The van der Waals surface area contributed by atoms with Gasteiger partial charge in [-0.2, -0.15) is 13.2 Å². The number of nitrogens with zero attached hydrogens (tertiary/aromatic N) is 1. The van der Waals surface area contributed by atoms with E-state index in [9.17, 15) is 13.2 Å². The molecule has 1 rings (SSSR count). The van der Waals surface area contributed by atoms with Crippen LogP contribution in [0.15, 0.2) is 0 Å². The maximum atomic E-state index is 11.8. The van der Waals surface area contributed by atoms with E-state index >= 15 is 0 Å². The summed E-state index contributed by atoms with van der Waals surface area (Å²) in [5.41, 5.74) is 0.0884. The van der Waals surface area contributed by atoms with Gasteiger partial charge in [-0.05, 0) is 20.3 Å². The third-order valence-corrected chi connectivity index (χ3v) is 2.68. The first kappa shape index (κ1) is 14.7. The van der Waals surface area contributed by atoms with Gasteiger partial charge in [0.15, 0.2) is 0 Å². The quantitative estimate of drug-likeness (QED) is 0.755. The number of nitrogens with one attached hydrogen (secondary N) is 1. The van der Waals surface area contributed by atoms with Gasteiger partial charge in [-0.15, -0.1) is 0 Å². The van der Waals surface area contributed by atoms with Gasteiger partial charge in [-0.25, -0.2) is 0 Å². The van der Waals surface area contributed by atoms with Gasteiger partial charge >= 0.3 is 6.18 Å². The van der Waals surface area contributed by atoms with Crippen LogP contribution in [0.2, 0.25) is 0 Å². The first-order chi connectivity index (χ1) is 7.79. The molecule has 1 saturated heterocycles. The van der Waals surface area contributed by atoms with Gasteiger partial charge in [0.1, 0.15) is 6.61 Å². The Labute approximate surface area is 100 Å². The molecule has 1 heterocycles. The normalized spacial score (nSPS) is 21.7. The third-order valence-electron chi connectivity index (χ3n) is 2.68. The van der Waals surface area contributed by atoms with Crippen LogP contribution in [0, 0.1) is 0 Å². The molecule has 1 aliphatic rings. The number of alkyl halides is 3. The highest BCUT2D eigenvalue weighted by molar-refractivity contribution is 4.86. The van der Waals surface area contributed by atoms with Crippen molar-refractivity contribution >= 4 is 0 Å². The lowest BCUT2D eigenvalue weighted by Gasteiger charge is -2.39. The van der Waals surface area contributed by atoms with Crippen LogP contribution in [-0.2, 0) is 4.74 Å². The first-order valence-electron chi connectivity index (χ1n) is 5.90. The van der Waals surface area contributed by atoms with Crippen LogP contribution in [0.4, 0.5) is 13.2 Å². The molecule has 0 saturated carbocycles. The van der Waals surface area contributed by atoms with E-state index in [1.54, 1.807) is 0 Å². The van der Waals surface area contributed by atoms with E-state index in [0.29, 0.717) is 6.42 Å². The maximum absolute atomic E-state index is 11.8. The third kappa shape index (κ3) is 6.85. The summed E-state index contributed by atoms with van der Waals surface area (Å²) in [4.78, 5) is 2.26. The summed E-state index contributed by atoms with van der Waals surface area (Å²) in [5.74, 6) is 0. The van der Waals surface area contributed by atoms with Gasteiger partial charge in [0.05, 0.1) is 0 Å². The predicted molar refractivity (Wildman–Crippen MR) is 60.0 cm³/mol. The Kier molecular flexibility index (Phi) is 5.22. The summed E-state index contributed by atoms with van der Waals surface area (Å²) in [5, 5.41) is 3.39. The van der Waals surface area contributed by atoms with E-state index in [1.165, 1.54) is 0 Å². The summed E-state index contributed by atoms with van der Waals surface area (Å²) >= 11 is 0. The van der Waals surface area contributed by atoms with Crippen LogP contribution in [0.5, 0.6) is 0 Å². The Morgan fingerprint density at radius 2 is 2.06 bits per heavy atom. The largest absolute Gasteiger partial charge is 0.411 e. The smallest absolute Gasteiger partial charge is 0.372 e. The molecule has 0 bridgehead atoms. The van der Waals surface area contributed by atoms with Gasteiger partial charge in [-0.1, -0.05) is 0 Å². The van der Waals surface area contributed by atoms with Crippen LogP contribution in [0.1, 0.15) is 20.3 Å². The molecule has 1 aliphatic heterocycles. The van der Waals surface area contributed by atoms with Crippen molar-refractivity contribution in [2.75, 3.05) is 39.4 Å². The summed E-state index contributed by atoms with van der Waals surface area (Å²) < 4.78 is 40.0. The van der Waals surface area contributed by atoms with E-state index in [4.69, 9.17) is 0 Å². The van der Waals surface area contributed by atoms with E-state index in [-0.39, 0.29) is 12.1 Å². The molecule has 102 valence electrons. The number of piperazine rings is 1. The van der Waals surface area contributed by atoms with Gasteiger partial charge in [0, 0.05) is 38.3 Å². The van der Waals surface area contributed by atoms with Crippen LogP contribution in [0.25, 0.3) is 0 Å². The number of rotatable bonds is 5. The van der Waals surface area contributed by atoms with Gasteiger partial charge in [-0.3, -0.25) is 0 Å². The van der Waals surface area contributed by atoms with E-state index in [2.05, 4.69) is 28.8 Å². The topological polar surface area (TPSA) is 24.5 Å². The molecular weight excluding hydrogens is 233 g/mol. The molecule has 1 N–H and O–H groups in total. The Morgan fingerprint density at radius 3 is 2.65 bits per heavy atom. The zero-order valence-electron chi connectivity index (χ0n) is 10.4. The predicted octanol–water partition coefficient (Wildman–Crippen LogP) is 1.64. The molecule has 0 spiro atoms. The minimum absolute atomic E-state index is 0.0884. The van der Waals surface area contributed by atoms with Crippen LogP contribution in [-0.4, -0.2) is 56.0 Å². The Balaban J connectivity index is 2.07. The first-order valence-corrected chi connectivity index (χ1v) is 5.90. The fraction of sp³-hybridized carbons (Fsp3) is 1.00. The zero-order chi connectivity index (χ0) is 12.9. The number of halogens is 3. The van der Waals surface area contributed by atoms with Crippen molar-refractivity contribution in [1.29, 1.82) is 0 Å². The molecule has 0 amide bonds. The average Bonchev–Trinajstić information content (AvgIpc) is 2.13. The lowest BCUT2D eigenvalue weighted by atomic mass is 10.0. The average molecular weight is 254 g/mol. The van der Waals surface area contributed by atoms with Crippen molar-refractivity contribution in [3.63, 3.8) is 0 Å². The summed E-state index contributed by atoms with van der Waals surface area (Å²) in [6.45, 7) is 6.87. The summed E-state index contributed by atoms with van der Waals surface area (Å²) in [6.07, 6.45) is -3.57. The van der Waals surface area contributed by atoms with Crippen LogP contribution in [0.3, 0.4) is 0 Å². The molecule has 0 radical (unpaired) electrons. The summed E-state index contributed by atoms with van der Waals surface area (Å²) in [7, 11) is 0. The van der Waals surface area contributed by atoms with E-state index in [1.807, 2.05) is 0 Å². The molecular formula is C11H21F3N2O. The van der Waals surface area contributed by atoms with Gasteiger partial charge < -0.3 is 15.0 Å². The lowest BCUT2D eigenvalue weighted by Crippen LogP contribution is -2.57. The molecule has 0 aromatic carbocycles. The SMILES string of the molecule is CC1(C)CN(CCCOCC(F)(F)F)CCN1. The van der Waals surface area contributed by atoms with Crippen molar-refractivity contribution in [1.82, 2.24) is 10.2 Å². The highest BCUT2D eigenvalue weighted by Gasteiger charge is 2.27. The van der Waals surface area contributed by atoms with Crippen molar-refractivity contribution in [3.8, 4) is 0 Å². The molecule has 6 heteroatoms. The highest BCUT2D eigenvalue weighted by atomic mass is 19.4. The molecule has 17 heavy (non-hydrogen) atoms. The zero-order valence-corrected chi connectivity index (χ0v) is 10.4. The van der Waals surface area contributed by atoms with Crippen LogP contribution < -0.4 is 5.32 Å². The minimum atomic E-state index is -4.21. The molecule has 1 fully saturated rings. The molecule has 0 atom stereocenters. The van der Waals surface area contributed by atoms with E-state index in [0.717, 1.165) is 26.2 Å². The van der Waals surface area contributed by atoms with Gasteiger partial charge in [0.2, 0.25) is 0 Å². The molecule has 0 aromatic heterocycles. The van der Waals surface area contributed by atoms with Crippen molar-refractivity contribution in [3.05, 3.63) is 0 Å². The minimum Gasteiger partial charge on any atom is -0.372 e. The Hall–Kier alpha value is -0.330. The second-order valence-corrected chi connectivity index (χ2v) is 5.11. The Morgan fingerprint density at radius 1 is 1.35 bits per heavy atom. The number of ether oxygens (including phenoxy) is 1. The van der Waals surface area contributed by atoms with E-state index < -0.39 is 12.8 Å². The number of hydrogen-bond donors (Lipinski definition) is 1.